The van der Waals surface area contributed by atoms with Crippen molar-refractivity contribution in [1.82, 2.24) is 19.6 Å². The smallest absolute Gasteiger partial charge is 0.318 e. The van der Waals surface area contributed by atoms with Crippen molar-refractivity contribution in [3.05, 3.63) is 54.2 Å². The lowest BCUT2D eigenvalue weighted by Crippen LogP contribution is -2.37. The van der Waals surface area contributed by atoms with Gasteiger partial charge in [-0.25, -0.2) is 4.79 Å². The van der Waals surface area contributed by atoms with Gasteiger partial charge in [-0.2, -0.15) is 5.10 Å². The molecule has 1 aromatic carbocycles. The number of anilines is 1. The molecule has 2 aliphatic heterocycles. The zero-order valence-electron chi connectivity index (χ0n) is 16.5. The molecule has 4 rings (SSSR count). The molecule has 0 saturated carbocycles. The van der Waals surface area contributed by atoms with Crippen LogP contribution in [-0.4, -0.2) is 58.3 Å². The van der Waals surface area contributed by atoms with E-state index in [9.17, 15) is 4.79 Å². The van der Waals surface area contributed by atoms with E-state index >= 15 is 0 Å². The van der Waals surface area contributed by atoms with Crippen molar-refractivity contribution >= 4 is 17.9 Å². The molecular weight excluding hydrogens is 350 g/mol. The first-order valence-electron chi connectivity index (χ1n) is 10.2. The quantitative estimate of drug-likeness (QED) is 0.878. The Morgan fingerprint density at radius 3 is 2.68 bits per heavy atom. The van der Waals surface area contributed by atoms with Gasteiger partial charge in [0.05, 0.1) is 12.1 Å². The van der Waals surface area contributed by atoms with Gasteiger partial charge in [0.15, 0.2) is 5.82 Å². The molecular formula is C22H29N5O. The largest absolute Gasteiger partial charge is 0.323 e. The van der Waals surface area contributed by atoms with Gasteiger partial charge in [-0.15, -0.1) is 0 Å². The van der Waals surface area contributed by atoms with Crippen LogP contribution in [0.1, 0.15) is 37.3 Å². The summed E-state index contributed by atoms with van der Waals surface area (Å²) in [4.78, 5) is 17.0. The van der Waals surface area contributed by atoms with Crippen LogP contribution in [0.2, 0.25) is 0 Å². The second-order valence-electron chi connectivity index (χ2n) is 7.82. The van der Waals surface area contributed by atoms with Crippen molar-refractivity contribution in [3.63, 3.8) is 0 Å². The number of carbonyl (C=O) groups excluding carboxylic acids is 1. The Balaban J connectivity index is 1.36. The van der Waals surface area contributed by atoms with E-state index in [0.29, 0.717) is 11.9 Å². The molecule has 0 radical (unpaired) electrons. The number of aromatic nitrogens is 2. The summed E-state index contributed by atoms with van der Waals surface area (Å²) in [6.07, 6.45) is 10.5. The highest BCUT2D eigenvalue weighted by atomic mass is 16.2. The number of nitrogens with one attached hydrogen (secondary N) is 1. The van der Waals surface area contributed by atoms with Gasteiger partial charge in [-0.1, -0.05) is 42.5 Å². The minimum atomic E-state index is -0.0613. The number of nitrogens with zero attached hydrogens (tertiary/aromatic N) is 4. The summed E-state index contributed by atoms with van der Waals surface area (Å²) in [6, 6.07) is 12.6. The van der Waals surface area contributed by atoms with Gasteiger partial charge in [0.25, 0.3) is 0 Å². The maximum atomic E-state index is 12.8. The first-order chi connectivity index (χ1) is 13.7. The summed E-state index contributed by atoms with van der Waals surface area (Å²) in [7, 11) is 2.16. The highest BCUT2D eigenvalue weighted by molar-refractivity contribution is 5.88. The predicted molar refractivity (Wildman–Crippen MR) is 112 cm³/mol. The van der Waals surface area contributed by atoms with Crippen LogP contribution in [-0.2, 0) is 0 Å². The fourth-order valence-electron chi connectivity index (χ4n) is 4.08. The summed E-state index contributed by atoms with van der Waals surface area (Å²) in [5.41, 5.74) is 1.16. The van der Waals surface area contributed by atoms with Crippen LogP contribution in [0.15, 0.2) is 48.7 Å². The molecule has 2 aromatic rings. The van der Waals surface area contributed by atoms with Crippen LogP contribution < -0.4 is 5.32 Å². The normalized spacial score (nSPS) is 21.5. The number of hydrogen-bond acceptors (Lipinski definition) is 3. The van der Waals surface area contributed by atoms with Crippen molar-refractivity contribution in [3.8, 4) is 0 Å². The number of amides is 2. The van der Waals surface area contributed by atoms with Gasteiger partial charge in [-0.3, -0.25) is 10.00 Å². The van der Waals surface area contributed by atoms with E-state index in [1.54, 1.807) is 0 Å². The highest BCUT2D eigenvalue weighted by Gasteiger charge is 2.27. The number of piperidine rings is 1. The van der Waals surface area contributed by atoms with Crippen LogP contribution in [0.3, 0.4) is 0 Å². The molecule has 0 spiro atoms. The minimum Gasteiger partial charge on any atom is -0.318 e. The Bertz CT molecular complexity index is 807. The van der Waals surface area contributed by atoms with Gasteiger partial charge < -0.3 is 9.80 Å². The van der Waals surface area contributed by atoms with Gasteiger partial charge >= 0.3 is 6.03 Å². The SMILES string of the molecule is CN1CCC(n2ccc(NC(=O)N3CCCC3/C=C/c3ccccc3)n2)CC1. The summed E-state index contributed by atoms with van der Waals surface area (Å²) in [5.74, 6) is 0.640. The summed E-state index contributed by atoms with van der Waals surface area (Å²) >= 11 is 0. The molecule has 3 heterocycles. The van der Waals surface area contributed by atoms with Crippen LogP contribution in [0.4, 0.5) is 10.6 Å². The predicted octanol–water partition coefficient (Wildman–Crippen LogP) is 3.86. The molecule has 0 aliphatic carbocycles. The van der Waals surface area contributed by atoms with E-state index in [-0.39, 0.29) is 12.1 Å². The number of likely N-dealkylation sites (tertiary alicyclic amines) is 2. The zero-order valence-corrected chi connectivity index (χ0v) is 16.5. The lowest BCUT2D eigenvalue weighted by Gasteiger charge is -2.29. The standard InChI is InChI=1S/C22H29N5O/c1-25-15-11-20(12-16-25)27-17-13-21(24-27)23-22(28)26-14-5-8-19(26)10-9-18-6-3-2-4-7-18/h2-4,6-7,9-10,13,17,19-20H,5,8,11-12,14-16H2,1H3,(H,23,24,28)/b10-9+. The Kier molecular flexibility index (Phi) is 5.76. The molecule has 2 amide bonds. The zero-order chi connectivity index (χ0) is 19.3. The Labute approximate surface area is 166 Å². The molecule has 2 aliphatic rings. The van der Waals surface area contributed by atoms with E-state index in [1.807, 2.05) is 40.0 Å². The summed E-state index contributed by atoms with van der Waals surface area (Å²) in [5, 5.41) is 7.60. The molecule has 6 nitrogen and oxygen atoms in total. The number of urea groups is 1. The molecule has 6 heteroatoms. The lowest BCUT2D eigenvalue weighted by atomic mass is 10.1. The first kappa shape index (κ1) is 18.7. The number of carbonyl (C=O) groups is 1. The van der Waals surface area contributed by atoms with Crippen LogP contribution in [0.25, 0.3) is 6.08 Å². The molecule has 2 fully saturated rings. The Hall–Kier alpha value is -2.60. The second-order valence-corrected chi connectivity index (χ2v) is 7.82. The Morgan fingerprint density at radius 1 is 1.11 bits per heavy atom. The van der Waals surface area contributed by atoms with Crippen molar-refractivity contribution < 1.29 is 4.79 Å². The Morgan fingerprint density at radius 2 is 1.89 bits per heavy atom. The topological polar surface area (TPSA) is 53.4 Å². The van der Waals surface area contributed by atoms with Crippen molar-refractivity contribution in [2.45, 2.75) is 37.8 Å². The highest BCUT2D eigenvalue weighted by Crippen LogP contribution is 2.23. The van der Waals surface area contributed by atoms with E-state index in [2.05, 4.69) is 46.6 Å². The van der Waals surface area contributed by atoms with Crippen LogP contribution >= 0.6 is 0 Å². The van der Waals surface area contributed by atoms with Crippen molar-refractivity contribution in [1.29, 1.82) is 0 Å². The molecule has 1 aromatic heterocycles. The molecule has 0 bridgehead atoms. The number of rotatable bonds is 4. The average molecular weight is 380 g/mol. The minimum absolute atomic E-state index is 0.0613. The third-order valence-corrected chi connectivity index (χ3v) is 5.78. The van der Waals surface area contributed by atoms with Gasteiger partial charge in [0.1, 0.15) is 0 Å². The van der Waals surface area contributed by atoms with Gasteiger partial charge in [0, 0.05) is 18.8 Å². The van der Waals surface area contributed by atoms with Gasteiger partial charge in [-0.05, 0) is 51.4 Å². The van der Waals surface area contributed by atoms with E-state index < -0.39 is 0 Å². The maximum Gasteiger partial charge on any atom is 0.323 e. The lowest BCUT2D eigenvalue weighted by molar-refractivity contribution is 0.211. The molecule has 28 heavy (non-hydrogen) atoms. The van der Waals surface area contributed by atoms with Gasteiger partial charge in [0.2, 0.25) is 0 Å². The third-order valence-electron chi connectivity index (χ3n) is 5.78. The molecule has 1 N–H and O–H groups in total. The summed E-state index contributed by atoms with van der Waals surface area (Å²) < 4.78 is 2.01. The molecule has 2 saturated heterocycles. The fraction of sp³-hybridized carbons (Fsp3) is 0.455. The van der Waals surface area contributed by atoms with Crippen LogP contribution in [0, 0.1) is 0 Å². The maximum absolute atomic E-state index is 12.8. The monoisotopic (exact) mass is 379 g/mol. The number of hydrogen-bond donors (Lipinski definition) is 1. The van der Waals surface area contributed by atoms with E-state index in [0.717, 1.165) is 50.9 Å². The summed E-state index contributed by atoms with van der Waals surface area (Å²) in [6.45, 7) is 2.97. The van der Waals surface area contributed by atoms with E-state index in [1.165, 1.54) is 0 Å². The first-order valence-corrected chi connectivity index (χ1v) is 10.2. The number of benzene rings is 1. The second kappa shape index (κ2) is 8.61. The molecule has 1 atom stereocenters. The third kappa shape index (κ3) is 4.44. The van der Waals surface area contributed by atoms with Crippen molar-refractivity contribution in [2.24, 2.45) is 0 Å². The fourth-order valence-corrected chi connectivity index (χ4v) is 4.08. The molecule has 1 unspecified atom stereocenters. The average Bonchev–Trinajstić information content (AvgIpc) is 3.37. The van der Waals surface area contributed by atoms with Crippen molar-refractivity contribution in [2.75, 3.05) is 32.0 Å². The van der Waals surface area contributed by atoms with Crippen LogP contribution in [0.5, 0.6) is 0 Å². The molecule has 148 valence electrons. The van der Waals surface area contributed by atoms with E-state index in [4.69, 9.17) is 0 Å².